The summed E-state index contributed by atoms with van der Waals surface area (Å²) in [4.78, 5) is 33.3. The highest BCUT2D eigenvalue weighted by atomic mass is 16.5. The number of carbonyl (C=O) groups excluding carboxylic acids is 3. The number of aldehydes is 1. The summed E-state index contributed by atoms with van der Waals surface area (Å²) in [5.74, 6) is -1.32. The molecule has 1 aliphatic carbocycles. The molecule has 0 radical (unpaired) electrons. The summed E-state index contributed by atoms with van der Waals surface area (Å²) in [5.41, 5.74) is -1.24. The van der Waals surface area contributed by atoms with Crippen molar-refractivity contribution < 1.29 is 19.1 Å². The summed E-state index contributed by atoms with van der Waals surface area (Å²) in [5, 5.41) is 0. The number of carbonyl (C=O) groups is 3. The highest BCUT2D eigenvalue weighted by Gasteiger charge is 2.52. The van der Waals surface area contributed by atoms with E-state index >= 15 is 0 Å². The molecule has 0 saturated heterocycles. The maximum Gasteiger partial charge on any atom is 0.319 e. The first-order valence-corrected chi connectivity index (χ1v) is 4.14. The SMILES string of the molecule is COC(=O)[C@@]1(C)C(=O)CC[C@@H]1C=O. The van der Waals surface area contributed by atoms with Gasteiger partial charge in [-0.25, -0.2) is 0 Å². The molecule has 1 rings (SSSR count). The van der Waals surface area contributed by atoms with Gasteiger partial charge in [-0.05, 0) is 13.3 Å². The van der Waals surface area contributed by atoms with E-state index in [4.69, 9.17) is 0 Å². The van der Waals surface area contributed by atoms with Gasteiger partial charge in [-0.1, -0.05) is 0 Å². The van der Waals surface area contributed by atoms with E-state index in [1.54, 1.807) is 0 Å². The van der Waals surface area contributed by atoms with Crippen molar-refractivity contribution >= 4 is 18.0 Å². The van der Waals surface area contributed by atoms with E-state index in [-0.39, 0.29) is 12.2 Å². The summed E-state index contributed by atoms with van der Waals surface area (Å²) in [6.07, 6.45) is 1.41. The van der Waals surface area contributed by atoms with Crippen molar-refractivity contribution in [1.82, 2.24) is 0 Å². The van der Waals surface area contributed by atoms with E-state index < -0.39 is 17.3 Å². The molecule has 1 saturated carbocycles. The van der Waals surface area contributed by atoms with Gasteiger partial charge in [0.15, 0.2) is 5.78 Å². The van der Waals surface area contributed by atoms with Gasteiger partial charge >= 0.3 is 5.97 Å². The molecule has 72 valence electrons. The number of Topliss-reactive ketones (excluding diaryl/α,β-unsaturated/α-hetero) is 1. The first-order valence-electron chi connectivity index (χ1n) is 4.14. The molecule has 1 aliphatic rings. The standard InChI is InChI=1S/C9H12O4/c1-9(8(12)13-2)6(5-10)3-4-7(9)11/h5-6H,3-4H2,1-2H3/t6-,9-/m1/s1. The van der Waals surface area contributed by atoms with E-state index in [0.29, 0.717) is 12.7 Å². The van der Waals surface area contributed by atoms with Gasteiger partial charge in [-0.3, -0.25) is 9.59 Å². The Labute approximate surface area is 76.3 Å². The number of methoxy groups -OCH3 is 1. The lowest BCUT2D eigenvalue weighted by molar-refractivity contribution is -0.158. The zero-order valence-electron chi connectivity index (χ0n) is 7.70. The summed E-state index contributed by atoms with van der Waals surface area (Å²) in [6, 6.07) is 0. The monoisotopic (exact) mass is 184 g/mol. The van der Waals surface area contributed by atoms with E-state index in [1.807, 2.05) is 0 Å². The van der Waals surface area contributed by atoms with Gasteiger partial charge in [0.1, 0.15) is 11.7 Å². The molecule has 0 spiro atoms. The lowest BCUT2D eigenvalue weighted by atomic mass is 9.80. The smallest absolute Gasteiger partial charge is 0.319 e. The van der Waals surface area contributed by atoms with E-state index in [0.717, 1.165) is 0 Å². The average Bonchev–Trinajstić information content (AvgIpc) is 2.43. The first kappa shape index (κ1) is 9.89. The van der Waals surface area contributed by atoms with Crippen LogP contribution in [0.15, 0.2) is 0 Å². The predicted molar refractivity (Wildman–Crippen MR) is 43.9 cm³/mol. The molecule has 4 heteroatoms. The Balaban J connectivity index is 3.01. The minimum Gasteiger partial charge on any atom is -0.468 e. The fourth-order valence-corrected chi connectivity index (χ4v) is 1.72. The molecule has 0 heterocycles. The Bertz CT molecular complexity index is 258. The van der Waals surface area contributed by atoms with Crippen LogP contribution in [0.1, 0.15) is 19.8 Å². The molecule has 0 amide bonds. The van der Waals surface area contributed by atoms with Crippen LogP contribution in [0.4, 0.5) is 0 Å². The third-order valence-electron chi connectivity index (χ3n) is 2.78. The molecular weight excluding hydrogens is 172 g/mol. The largest absolute Gasteiger partial charge is 0.468 e. The molecular formula is C9H12O4. The molecule has 0 N–H and O–H groups in total. The van der Waals surface area contributed by atoms with Gasteiger partial charge in [0, 0.05) is 12.3 Å². The van der Waals surface area contributed by atoms with Crippen LogP contribution < -0.4 is 0 Å². The van der Waals surface area contributed by atoms with Crippen molar-refractivity contribution in [3.05, 3.63) is 0 Å². The summed E-state index contributed by atoms with van der Waals surface area (Å²) in [6.45, 7) is 1.48. The van der Waals surface area contributed by atoms with Gasteiger partial charge < -0.3 is 9.53 Å². The Morgan fingerprint density at radius 1 is 1.69 bits per heavy atom. The summed E-state index contributed by atoms with van der Waals surface area (Å²) < 4.78 is 4.52. The highest BCUT2D eigenvalue weighted by Crippen LogP contribution is 2.39. The van der Waals surface area contributed by atoms with Crippen LogP contribution in [0.2, 0.25) is 0 Å². The average molecular weight is 184 g/mol. The van der Waals surface area contributed by atoms with Crippen LogP contribution in [0.3, 0.4) is 0 Å². The van der Waals surface area contributed by atoms with Crippen molar-refractivity contribution in [2.45, 2.75) is 19.8 Å². The maximum absolute atomic E-state index is 11.4. The summed E-state index contributed by atoms with van der Waals surface area (Å²) in [7, 11) is 1.22. The van der Waals surface area contributed by atoms with Crippen molar-refractivity contribution in [2.75, 3.05) is 7.11 Å². The number of hydrogen-bond acceptors (Lipinski definition) is 4. The Morgan fingerprint density at radius 2 is 2.31 bits per heavy atom. The van der Waals surface area contributed by atoms with Gasteiger partial charge in [-0.2, -0.15) is 0 Å². The molecule has 0 aromatic heterocycles. The number of hydrogen-bond donors (Lipinski definition) is 0. The van der Waals surface area contributed by atoms with Gasteiger partial charge in [-0.15, -0.1) is 0 Å². The number of rotatable bonds is 2. The summed E-state index contributed by atoms with van der Waals surface area (Å²) >= 11 is 0. The maximum atomic E-state index is 11.4. The van der Waals surface area contributed by atoms with Crippen LogP contribution in [-0.2, 0) is 19.1 Å². The first-order chi connectivity index (χ1) is 6.07. The van der Waals surface area contributed by atoms with E-state index in [1.165, 1.54) is 14.0 Å². The second-order valence-electron chi connectivity index (χ2n) is 3.40. The van der Waals surface area contributed by atoms with Gasteiger partial charge in [0.2, 0.25) is 0 Å². The lowest BCUT2D eigenvalue weighted by Crippen LogP contribution is -2.39. The number of ketones is 1. The highest BCUT2D eigenvalue weighted by molar-refractivity contribution is 6.07. The van der Waals surface area contributed by atoms with Crippen LogP contribution in [-0.4, -0.2) is 25.1 Å². The quantitative estimate of drug-likeness (QED) is 0.353. The normalized spacial score (nSPS) is 33.1. The lowest BCUT2D eigenvalue weighted by Gasteiger charge is -2.22. The topological polar surface area (TPSA) is 60.4 Å². The minimum atomic E-state index is -1.24. The molecule has 0 aliphatic heterocycles. The van der Waals surface area contributed by atoms with Crippen molar-refractivity contribution in [2.24, 2.45) is 11.3 Å². The fraction of sp³-hybridized carbons (Fsp3) is 0.667. The van der Waals surface area contributed by atoms with E-state index in [9.17, 15) is 14.4 Å². The van der Waals surface area contributed by atoms with E-state index in [2.05, 4.69) is 4.74 Å². The molecule has 1 fully saturated rings. The zero-order chi connectivity index (χ0) is 10.1. The third-order valence-corrected chi connectivity index (χ3v) is 2.78. The van der Waals surface area contributed by atoms with Gasteiger partial charge in [0.25, 0.3) is 0 Å². The zero-order valence-corrected chi connectivity index (χ0v) is 7.70. The van der Waals surface area contributed by atoms with Crippen molar-refractivity contribution in [3.63, 3.8) is 0 Å². The minimum absolute atomic E-state index is 0.198. The van der Waals surface area contributed by atoms with Crippen LogP contribution in [0, 0.1) is 11.3 Å². The predicted octanol–water partition coefficient (Wildman–Crippen LogP) is 0.344. The van der Waals surface area contributed by atoms with Crippen molar-refractivity contribution in [3.8, 4) is 0 Å². The van der Waals surface area contributed by atoms with Crippen LogP contribution in [0.5, 0.6) is 0 Å². The van der Waals surface area contributed by atoms with Crippen molar-refractivity contribution in [1.29, 1.82) is 0 Å². The number of esters is 1. The molecule has 0 aromatic rings. The number of ether oxygens (including phenoxy) is 1. The molecule has 13 heavy (non-hydrogen) atoms. The third kappa shape index (κ3) is 1.26. The van der Waals surface area contributed by atoms with Crippen LogP contribution >= 0.6 is 0 Å². The molecule has 2 atom stereocenters. The Hall–Kier alpha value is -1.19. The van der Waals surface area contributed by atoms with Crippen LogP contribution in [0.25, 0.3) is 0 Å². The fourth-order valence-electron chi connectivity index (χ4n) is 1.72. The second-order valence-corrected chi connectivity index (χ2v) is 3.40. The molecule has 0 bridgehead atoms. The Kier molecular flexibility index (Phi) is 2.50. The molecule has 0 unspecified atom stereocenters. The second kappa shape index (κ2) is 3.28. The Morgan fingerprint density at radius 3 is 2.77 bits per heavy atom. The van der Waals surface area contributed by atoms with Gasteiger partial charge in [0.05, 0.1) is 7.11 Å². The molecule has 4 nitrogen and oxygen atoms in total. The molecule has 0 aromatic carbocycles.